The summed E-state index contributed by atoms with van der Waals surface area (Å²) in [6.07, 6.45) is 7.91. The lowest BCUT2D eigenvalue weighted by Gasteiger charge is -1.96. The van der Waals surface area contributed by atoms with E-state index in [0.717, 1.165) is 17.7 Å². The average molecular weight is 208 g/mol. The minimum absolute atomic E-state index is 0.429. The molecule has 3 nitrogen and oxygen atoms in total. The minimum atomic E-state index is -0.457. The van der Waals surface area contributed by atoms with Gasteiger partial charge >= 0.3 is 0 Å². The lowest BCUT2D eigenvalue weighted by molar-refractivity contribution is 0.1000. The van der Waals surface area contributed by atoms with Crippen molar-refractivity contribution in [1.82, 2.24) is 4.98 Å². The molecule has 0 fully saturated rings. The van der Waals surface area contributed by atoms with Gasteiger partial charge in [0.1, 0.15) is 0 Å². The number of hydrogen-bond acceptors (Lipinski definition) is 3. The first-order valence-corrected chi connectivity index (χ1v) is 4.89. The monoisotopic (exact) mass is 208 g/mol. The van der Waals surface area contributed by atoms with Gasteiger partial charge in [0.2, 0.25) is 5.91 Å². The number of nitrogens with two attached hydrogens (primary N) is 1. The van der Waals surface area contributed by atoms with Crippen molar-refractivity contribution in [2.24, 2.45) is 5.73 Å². The van der Waals surface area contributed by atoms with Gasteiger partial charge in [-0.1, -0.05) is 12.2 Å². The number of hydrogen-bond donors (Lipinski definition) is 2. The molecule has 1 heterocycles. The number of amides is 1. The molecule has 14 heavy (non-hydrogen) atoms. The number of rotatable bonds is 4. The molecule has 0 spiro atoms. The second-order valence-electron chi connectivity index (χ2n) is 2.79. The molecule has 1 amide bonds. The number of allylic oxidation sites excluding steroid dienone is 1. The van der Waals surface area contributed by atoms with E-state index in [1.807, 2.05) is 12.2 Å². The van der Waals surface area contributed by atoms with Crippen LogP contribution in [0.4, 0.5) is 0 Å². The lowest BCUT2D eigenvalue weighted by atomic mass is 10.2. The first-order valence-electron chi connectivity index (χ1n) is 4.26. The number of carbonyl (C=O) groups is 1. The van der Waals surface area contributed by atoms with Crippen molar-refractivity contribution in [1.29, 1.82) is 0 Å². The SMILES string of the molecule is NC(=O)c1cncc(C=CCCS)c1. The largest absolute Gasteiger partial charge is 0.366 e. The molecule has 0 atom stereocenters. The molecule has 0 aliphatic carbocycles. The zero-order valence-corrected chi connectivity index (χ0v) is 8.58. The highest BCUT2D eigenvalue weighted by molar-refractivity contribution is 7.80. The summed E-state index contributed by atoms with van der Waals surface area (Å²) in [6, 6.07) is 1.71. The van der Waals surface area contributed by atoms with Crippen LogP contribution in [0.3, 0.4) is 0 Å². The second kappa shape index (κ2) is 5.44. The number of aromatic nitrogens is 1. The number of nitrogens with zero attached hydrogens (tertiary/aromatic N) is 1. The Hall–Kier alpha value is -1.29. The van der Waals surface area contributed by atoms with Gasteiger partial charge in [0.15, 0.2) is 0 Å². The Labute approximate surface area is 88.4 Å². The van der Waals surface area contributed by atoms with E-state index in [0.29, 0.717) is 5.56 Å². The molecule has 0 saturated carbocycles. The third kappa shape index (κ3) is 3.22. The van der Waals surface area contributed by atoms with Gasteiger partial charge in [-0.15, -0.1) is 0 Å². The van der Waals surface area contributed by atoms with Crippen LogP contribution in [0.1, 0.15) is 22.3 Å². The van der Waals surface area contributed by atoms with E-state index in [9.17, 15) is 4.79 Å². The molecule has 0 aliphatic rings. The third-order valence-electron chi connectivity index (χ3n) is 1.65. The Bertz CT molecular complexity index is 350. The van der Waals surface area contributed by atoms with Gasteiger partial charge in [-0.25, -0.2) is 0 Å². The number of carbonyl (C=O) groups excluding carboxylic acids is 1. The van der Waals surface area contributed by atoms with E-state index in [4.69, 9.17) is 5.73 Å². The highest BCUT2D eigenvalue weighted by Gasteiger charge is 1.99. The summed E-state index contributed by atoms with van der Waals surface area (Å²) in [5.74, 6) is 0.348. The van der Waals surface area contributed by atoms with E-state index in [1.54, 1.807) is 12.3 Å². The molecule has 2 N–H and O–H groups in total. The summed E-state index contributed by atoms with van der Waals surface area (Å²) in [5, 5.41) is 0. The van der Waals surface area contributed by atoms with Crippen LogP contribution in [0.5, 0.6) is 0 Å². The van der Waals surface area contributed by atoms with Crippen LogP contribution in [-0.2, 0) is 0 Å². The molecule has 0 aliphatic heterocycles. The number of primary amides is 1. The van der Waals surface area contributed by atoms with Gasteiger partial charge in [0.05, 0.1) is 5.56 Å². The second-order valence-corrected chi connectivity index (χ2v) is 3.23. The van der Waals surface area contributed by atoms with Crippen LogP contribution < -0.4 is 5.73 Å². The Morgan fingerprint density at radius 1 is 1.57 bits per heavy atom. The molecule has 0 saturated heterocycles. The molecule has 1 aromatic heterocycles. The summed E-state index contributed by atoms with van der Waals surface area (Å²) < 4.78 is 0. The Balaban J connectivity index is 2.78. The van der Waals surface area contributed by atoms with E-state index in [1.165, 1.54) is 6.20 Å². The van der Waals surface area contributed by atoms with Gasteiger partial charge in [-0.3, -0.25) is 9.78 Å². The van der Waals surface area contributed by atoms with Gasteiger partial charge in [-0.2, -0.15) is 12.6 Å². The summed E-state index contributed by atoms with van der Waals surface area (Å²) in [4.78, 5) is 14.7. The van der Waals surface area contributed by atoms with Crippen molar-refractivity contribution >= 4 is 24.6 Å². The normalized spacial score (nSPS) is 10.6. The van der Waals surface area contributed by atoms with Crippen molar-refractivity contribution in [3.05, 3.63) is 35.7 Å². The number of thiol groups is 1. The van der Waals surface area contributed by atoms with Crippen LogP contribution in [-0.4, -0.2) is 16.6 Å². The molecule has 1 aromatic rings. The Morgan fingerprint density at radius 2 is 2.36 bits per heavy atom. The molecular weight excluding hydrogens is 196 g/mol. The quantitative estimate of drug-likeness (QED) is 0.737. The van der Waals surface area contributed by atoms with Gasteiger partial charge in [0.25, 0.3) is 0 Å². The Morgan fingerprint density at radius 3 is 3.00 bits per heavy atom. The van der Waals surface area contributed by atoms with Crippen LogP contribution in [0.25, 0.3) is 6.08 Å². The molecule has 0 radical (unpaired) electrons. The molecule has 0 bridgehead atoms. The van der Waals surface area contributed by atoms with E-state index in [2.05, 4.69) is 17.6 Å². The van der Waals surface area contributed by atoms with Crippen LogP contribution in [0.15, 0.2) is 24.5 Å². The van der Waals surface area contributed by atoms with Crippen LogP contribution >= 0.6 is 12.6 Å². The van der Waals surface area contributed by atoms with Crippen molar-refractivity contribution in [3.8, 4) is 0 Å². The van der Waals surface area contributed by atoms with Crippen molar-refractivity contribution in [3.63, 3.8) is 0 Å². The fraction of sp³-hybridized carbons (Fsp3) is 0.200. The van der Waals surface area contributed by atoms with E-state index in [-0.39, 0.29) is 0 Å². The van der Waals surface area contributed by atoms with Crippen molar-refractivity contribution in [2.45, 2.75) is 6.42 Å². The van der Waals surface area contributed by atoms with E-state index >= 15 is 0 Å². The first kappa shape index (κ1) is 10.8. The topological polar surface area (TPSA) is 56.0 Å². The highest BCUT2D eigenvalue weighted by Crippen LogP contribution is 2.04. The fourth-order valence-corrected chi connectivity index (χ4v) is 1.13. The number of pyridine rings is 1. The lowest BCUT2D eigenvalue weighted by Crippen LogP contribution is -2.11. The average Bonchev–Trinajstić information content (AvgIpc) is 2.19. The molecular formula is C10H12N2OS. The van der Waals surface area contributed by atoms with Crippen LogP contribution in [0.2, 0.25) is 0 Å². The van der Waals surface area contributed by atoms with E-state index < -0.39 is 5.91 Å². The van der Waals surface area contributed by atoms with Crippen LogP contribution in [0, 0.1) is 0 Å². The Kier molecular flexibility index (Phi) is 4.19. The standard InChI is InChI=1S/C10H12N2OS/c11-10(13)9-5-8(6-12-7-9)3-1-2-4-14/h1,3,5-7,14H,2,4H2,(H2,11,13). The maximum atomic E-state index is 10.8. The molecule has 0 unspecified atom stereocenters. The molecule has 1 rings (SSSR count). The molecule has 4 heteroatoms. The zero-order valence-electron chi connectivity index (χ0n) is 7.68. The minimum Gasteiger partial charge on any atom is -0.366 e. The van der Waals surface area contributed by atoms with Gasteiger partial charge < -0.3 is 5.73 Å². The van der Waals surface area contributed by atoms with Crippen molar-refractivity contribution in [2.75, 3.05) is 5.75 Å². The maximum Gasteiger partial charge on any atom is 0.250 e. The van der Waals surface area contributed by atoms with Gasteiger partial charge in [0, 0.05) is 12.4 Å². The first-order chi connectivity index (χ1) is 6.74. The fourth-order valence-electron chi connectivity index (χ4n) is 0.978. The maximum absolute atomic E-state index is 10.8. The predicted molar refractivity (Wildman–Crippen MR) is 60.3 cm³/mol. The highest BCUT2D eigenvalue weighted by atomic mass is 32.1. The summed E-state index contributed by atoms with van der Waals surface area (Å²) in [6.45, 7) is 0. The molecule has 0 aromatic carbocycles. The summed E-state index contributed by atoms with van der Waals surface area (Å²) >= 11 is 4.08. The third-order valence-corrected chi connectivity index (χ3v) is 1.91. The smallest absolute Gasteiger partial charge is 0.250 e. The summed E-state index contributed by atoms with van der Waals surface area (Å²) in [7, 11) is 0. The van der Waals surface area contributed by atoms with Gasteiger partial charge in [-0.05, 0) is 23.8 Å². The predicted octanol–water partition coefficient (Wildman–Crippen LogP) is 1.51. The zero-order chi connectivity index (χ0) is 10.4. The van der Waals surface area contributed by atoms with Crippen molar-refractivity contribution < 1.29 is 4.79 Å². The summed E-state index contributed by atoms with van der Waals surface area (Å²) in [5.41, 5.74) is 6.43. The molecule has 74 valence electrons.